The van der Waals surface area contributed by atoms with Gasteiger partial charge >= 0.3 is 0 Å². The standard InChI is InChI=1S/C86H59N5/c1-85(2)72-28-13-8-23-61(72)63-39-37-59(50-74(63)85)90-78-32-17-12-26-66(78)69-47-54(34-42-80(69)90)56-36-44-82-71(49-56)70-48-55(35-43-81(70)91(82)60-38-40-64-62-24-9-14-29-73(62)86(3,4)75(64)51-60)53-33-41-79-68(46-53)65-25-11-16-31-77(65)89(79)58-22-18-21-57(45-58)83-67-27-10-15-30-76(67)87-84(88-83)52-19-6-5-7-20-52/h5-51H,1-4H3. The van der Waals surface area contributed by atoms with Crippen molar-refractivity contribution in [3.63, 3.8) is 0 Å². The number of benzene rings is 13. The maximum Gasteiger partial charge on any atom is 0.160 e. The Morgan fingerprint density at radius 2 is 0.626 bits per heavy atom. The first-order valence-corrected chi connectivity index (χ1v) is 31.7. The SMILES string of the molecule is CC1(C)c2ccccc2-c2ccc(-n3c4ccccc4c4cc(-c5ccc6c(c5)c5cc(-c7ccc8c(c7)c7ccccc7n8-c7cccc(-c8nc(-c9ccccc9)nc9ccccc89)c7)ccc5n6-c5ccc6c(c5)C(C)(C)c5ccccc5-6)ccc43)cc21. The minimum absolute atomic E-state index is 0.103. The van der Waals surface area contributed by atoms with Crippen LogP contribution in [0.3, 0.4) is 0 Å². The van der Waals surface area contributed by atoms with E-state index in [-0.39, 0.29) is 10.8 Å². The van der Waals surface area contributed by atoms with Gasteiger partial charge in [-0.3, -0.25) is 0 Å². The fourth-order valence-corrected chi connectivity index (χ4v) is 16.0. The first-order valence-electron chi connectivity index (χ1n) is 31.7. The summed E-state index contributed by atoms with van der Waals surface area (Å²) in [6.45, 7) is 9.48. The van der Waals surface area contributed by atoms with Gasteiger partial charge in [0.25, 0.3) is 0 Å². The Balaban J connectivity index is 0.759. The Kier molecular flexibility index (Phi) is 10.8. The molecule has 19 rings (SSSR count). The summed E-state index contributed by atoms with van der Waals surface area (Å²) in [5.41, 5.74) is 29.6. The van der Waals surface area contributed by atoms with Crippen LogP contribution >= 0.6 is 0 Å². The van der Waals surface area contributed by atoms with Crippen molar-refractivity contribution in [2.24, 2.45) is 0 Å². The molecule has 0 N–H and O–H groups in total. The van der Waals surface area contributed by atoms with Crippen molar-refractivity contribution >= 4 is 76.3 Å². The molecule has 91 heavy (non-hydrogen) atoms. The Bertz CT molecular complexity index is 5970. The minimum atomic E-state index is -0.144. The maximum atomic E-state index is 5.26. The molecule has 13 aromatic carbocycles. The predicted octanol–water partition coefficient (Wildman–Crippen LogP) is 22.2. The van der Waals surface area contributed by atoms with Crippen LogP contribution in [0.2, 0.25) is 0 Å². The lowest BCUT2D eigenvalue weighted by Gasteiger charge is -2.22. The smallest absolute Gasteiger partial charge is 0.160 e. The van der Waals surface area contributed by atoms with Crippen LogP contribution in [-0.2, 0) is 10.8 Å². The highest BCUT2D eigenvalue weighted by Gasteiger charge is 2.37. The van der Waals surface area contributed by atoms with Crippen LogP contribution in [0, 0.1) is 0 Å². The van der Waals surface area contributed by atoms with E-state index in [0.29, 0.717) is 5.82 Å². The molecular weight excluding hydrogens is 1100 g/mol. The van der Waals surface area contributed by atoms with Crippen LogP contribution in [0.25, 0.3) is 161 Å². The van der Waals surface area contributed by atoms with Crippen molar-refractivity contribution in [3.8, 4) is 84.2 Å². The van der Waals surface area contributed by atoms with Crippen molar-refractivity contribution in [3.05, 3.63) is 307 Å². The minimum Gasteiger partial charge on any atom is -0.309 e. The third-order valence-electron chi connectivity index (χ3n) is 20.4. The van der Waals surface area contributed by atoms with Gasteiger partial charge in [0.05, 0.1) is 44.3 Å². The summed E-state index contributed by atoms with van der Waals surface area (Å²) in [6.07, 6.45) is 0. The molecule has 0 atom stereocenters. The number of fused-ring (bicyclic) bond motifs is 16. The molecular formula is C86H59N5. The van der Waals surface area contributed by atoms with E-state index in [4.69, 9.17) is 9.97 Å². The molecule has 0 spiro atoms. The summed E-state index contributed by atoms with van der Waals surface area (Å²) in [7, 11) is 0. The molecule has 0 amide bonds. The zero-order valence-corrected chi connectivity index (χ0v) is 50.9. The van der Waals surface area contributed by atoms with Crippen LogP contribution in [0.1, 0.15) is 49.9 Å². The van der Waals surface area contributed by atoms with Gasteiger partial charge in [0.1, 0.15) is 0 Å². The van der Waals surface area contributed by atoms with Crippen molar-refractivity contribution in [1.29, 1.82) is 0 Å². The first-order chi connectivity index (χ1) is 44.6. The molecule has 17 aromatic rings. The molecule has 0 saturated heterocycles. The summed E-state index contributed by atoms with van der Waals surface area (Å²) in [6, 6.07) is 106. The first kappa shape index (κ1) is 51.6. The van der Waals surface area contributed by atoms with E-state index in [1.54, 1.807) is 0 Å². The molecule has 0 saturated carbocycles. The average molecular weight is 1160 g/mol. The van der Waals surface area contributed by atoms with Crippen LogP contribution in [0.15, 0.2) is 285 Å². The normalized spacial score (nSPS) is 13.7. The average Bonchev–Trinajstić information content (AvgIpc) is 1.62. The number of rotatable bonds is 7. The molecule has 2 aliphatic rings. The van der Waals surface area contributed by atoms with E-state index in [2.05, 4.69) is 308 Å². The summed E-state index contributed by atoms with van der Waals surface area (Å²) < 4.78 is 7.39. The molecule has 0 radical (unpaired) electrons. The topological polar surface area (TPSA) is 40.6 Å². The van der Waals surface area contributed by atoms with Gasteiger partial charge in [-0.25, -0.2) is 9.97 Å². The van der Waals surface area contributed by atoms with E-state index in [1.165, 1.54) is 127 Å². The van der Waals surface area contributed by atoms with Crippen molar-refractivity contribution in [2.75, 3.05) is 0 Å². The molecule has 0 bridgehead atoms. The number of nitrogens with zero attached hydrogens (tertiary/aromatic N) is 5. The van der Waals surface area contributed by atoms with Gasteiger partial charge in [-0.15, -0.1) is 0 Å². The van der Waals surface area contributed by atoms with E-state index >= 15 is 0 Å². The Morgan fingerprint density at radius 3 is 1.13 bits per heavy atom. The van der Waals surface area contributed by atoms with Crippen LogP contribution in [-0.4, -0.2) is 23.7 Å². The van der Waals surface area contributed by atoms with Crippen molar-refractivity contribution in [1.82, 2.24) is 23.7 Å². The zero-order valence-electron chi connectivity index (χ0n) is 50.9. The van der Waals surface area contributed by atoms with Crippen LogP contribution in [0.5, 0.6) is 0 Å². The highest BCUT2D eigenvalue weighted by molar-refractivity contribution is 6.15. The molecule has 0 aliphatic heterocycles. The third-order valence-corrected chi connectivity index (χ3v) is 20.4. The van der Waals surface area contributed by atoms with Gasteiger partial charge in [0.2, 0.25) is 0 Å². The highest BCUT2D eigenvalue weighted by atomic mass is 15.0. The van der Waals surface area contributed by atoms with Gasteiger partial charge < -0.3 is 13.7 Å². The Hall–Kier alpha value is -11.4. The summed E-state index contributed by atoms with van der Waals surface area (Å²) >= 11 is 0. The molecule has 0 fully saturated rings. The molecule has 0 unspecified atom stereocenters. The maximum absolute atomic E-state index is 5.26. The molecule has 5 nitrogen and oxygen atoms in total. The molecule has 428 valence electrons. The highest BCUT2D eigenvalue weighted by Crippen LogP contribution is 2.52. The van der Waals surface area contributed by atoms with Crippen molar-refractivity contribution < 1.29 is 0 Å². The lowest BCUT2D eigenvalue weighted by atomic mass is 9.82. The largest absolute Gasteiger partial charge is 0.309 e. The van der Waals surface area contributed by atoms with Gasteiger partial charge in [0.15, 0.2) is 5.82 Å². The number of hydrogen-bond donors (Lipinski definition) is 0. The number of aromatic nitrogens is 5. The lowest BCUT2D eigenvalue weighted by molar-refractivity contribution is 0.660. The second-order valence-electron chi connectivity index (χ2n) is 26.1. The van der Waals surface area contributed by atoms with Gasteiger partial charge in [0, 0.05) is 76.7 Å². The summed E-state index contributed by atoms with van der Waals surface area (Å²) in [4.78, 5) is 10.3. The third kappa shape index (κ3) is 7.52. The quantitative estimate of drug-likeness (QED) is 0.160. The zero-order chi connectivity index (χ0) is 60.4. The summed E-state index contributed by atoms with van der Waals surface area (Å²) in [5, 5.41) is 8.34. The Labute approximate surface area is 527 Å². The number of hydrogen-bond acceptors (Lipinski definition) is 2. The van der Waals surface area contributed by atoms with Gasteiger partial charge in [-0.2, -0.15) is 0 Å². The summed E-state index contributed by atoms with van der Waals surface area (Å²) in [5.74, 6) is 0.714. The van der Waals surface area contributed by atoms with E-state index in [1.807, 2.05) is 18.2 Å². The molecule has 5 heteroatoms. The second-order valence-corrected chi connectivity index (χ2v) is 26.1. The van der Waals surface area contributed by atoms with E-state index < -0.39 is 0 Å². The van der Waals surface area contributed by atoms with Gasteiger partial charge in [-0.1, -0.05) is 210 Å². The van der Waals surface area contributed by atoms with E-state index in [0.717, 1.165) is 50.1 Å². The lowest BCUT2D eigenvalue weighted by Crippen LogP contribution is -2.15. The van der Waals surface area contributed by atoms with Crippen molar-refractivity contribution in [2.45, 2.75) is 38.5 Å². The second kappa shape index (κ2) is 19.1. The predicted molar refractivity (Wildman–Crippen MR) is 379 cm³/mol. The van der Waals surface area contributed by atoms with Crippen LogP contribution < -0.4 is 0 Å². The fourth-order valence-electron chi connectivity index (χ4n) is 16.0. The number of para-hydroxylation sites is 3. The Morgan fingerprint density at radius 1 is 0.242 bits per heavy atom. The molecule has 2 aliphatic carbocycles. The fraction of sp³-hybridized carbons (Fsp3) is 0.0698. The van der Waals surface area contributed by atoms with Gasteiger partial charge in [-0.05, 0) is 170 Å². The van der Waals surface area contributed by atoms with E-state index in [9.17, 15) is 0 Å². The van der Waals surface area contributed by atoms with Crippen LogP contribution in [0.4, 0.5) is 0 Å². The monoisotopic (exact) mass is 1160 g/mol. The molecule has 4 heterocycles. The molecule has 4 aromatic heterocycles.